The zero-order chi connectivity index (χ0) is 22.6. The van der Waals surface area contributed by atoms with Gasteiger partial charge in [-0.25, -0.2) is 4.98 Å². The number of aromatic nitrogens is 3. The van der Waals surface area contributed by atoms with Crippen molar-refractivity contribution in [1.82, 2.24) is 19.9 Å². The molecule has 1 saturated heterocycles. The molecule has 2 aromatic carbocycles. The van der Waals surface area contributed by atoms with Gasteiger partial charge in [0.2, 0.25) is 9.74 Å². The molecule has 1 aliphatic rings. The average Bonchev–Trinajstić information content (AvgIpc) is 3.05. The summed E-state index contributed by atoms with van der Waals surface area (Å²) in [4.78, 5) is 17.9. The van der Waals surface area contributed by atoms with Crippen LogP contribution in [0.5, 0.6) is 0 Å². The lowest BCUT2D eigenvalue weighted by molar-refractivity contribution is 0.204. The number of rotatable bonds is 5. The van der Waals surface area contributed by atoms with Gasteiger partial charge in [-0.15, -0.1) is 0 Å². The minimum Gasteiger partial charge on any atom is -0.395 e. The molecule has 1 aromatic heterocycles. The van der Waals surface area contributed by atoms with Gasteiger partial charge >= 0.3 is 0 Å². The van der Waals surface area contributed by atoms with Crippen molar-refractivity contribution in [1.29, 1.82) is 0 Å². The molecule has 1 fully saturated rings. The van der Waals surface area contributed by atoms with Crippen molar-refractivity contribution in [3.05, 3.63) is 60.4 Å². The van der Waals surface area contributed by atoms with Crippen LogP contribution in [0.25, 0.3) is 22.5 Å². The highest BCUT2D eigenvalue weighted by Gasteiger charge is 2.30. The maximum absolute atomic E-state index is 9.24. The van der Waals surface area contributed by atoms with E-state index in [1.165, 1.54) is 0 Å². The molecule has 0 aliphatic carbocycles. The second-order valence-electron chi connectivity index (χ2n) is 7.63. The van der Waals surface area contributed by atoms with E-state index >= 15 is 0 Å². The molecular formula is C23H24Cl3N5O. The van der Waals surface area contributed by atoms with Crippen LogP contribution in [0, 0.1) is 0 Å². The number of hydrogen-bond acceptors (Lipinski definition) is 6. The van der Waals surface area contributed by atoms with Gasteiger partial charge in [0.05, 0.1) is 6.61 Å². The fraction of sp³-hybridized carbons (Fsp3) is 0.348. The first kappa shape index (κ1) is 23.2. The molecule has 0 bridgehead atoms. The first-order valence-electron chi connectivity index (χ1n) is 10.5. The molecule has 0 spiro atoms. The Morgan fingerprint density at radius 2 is 1.47 bits per heavy atom. The minimum absolute atomic E-state index is 0.103. The lowest BCUT2D eigenvalue weighted by atomic mass is 10.0. The highest BCUT2D eigenvalue weighted by Crippen LogP contribution is 2.37. The summed E-state index contributed by atoms with van der Waals surface area (Å²) in [6.07, 6.45) is 0.926. The number of benzene rings is 2. The minimum atomic E-state index is -1.76. The van der Waals surface area contributed by atoms with Gasteiger partial charge < -0.3 is 10.0 Å². The van der Waals surface area contributed by atoms with Crippen LogP contribution in [0.2, 0.25) is 0 Å². The molecule has 168 valence electrons. The normalized spacial score (nSPS) is 15.6. The Labute approximate surface area is 202 Å². The number of halogens is 3. The number of β-amino-alcohol motifs (C(OH)–C–C–N with tert-alkyl or cyclic N) is 1. The van der Waals surface area contributed by atoms with Crippen LogP contribution < -0.4 is 4.90 Å². The summed E-state index contributed by atoms with van der Waals surface area (Å²) in [7, 11) is 0. The first-order valence-corrected chi connectivity index (χ1v) is 11.6. The first-order chi connectivity index (χ1) is 15.4. The summed E-state index contributed by atoms with van der Waals surface area (Å²) in [6, 6.07) is 18.1. The van der Waals surface area contributed by atoms with Crippen molar-refractivity contribution < 1.29 is 5.11 Å². The van der Waals surface area contributed by atoms with Crippen LogP contribution >= 0.6 is 34.8 Å². The molecule has 32 heavy (non-hydrogen) atoms. The van der Waals surface area contributed by atoms with Crippen LogP contribution in [-0.2, 0) is 3.79 Å². The zero-order valence-electron chi connectivity index (χ0n) is 17.5. The summed E-state index contributed by atoms with van der Waals surface area (Å²) in [5.74, 6) is 1.06. The third-order valence-corrected chi connectivity index (χ3v) is 5.92. The van der Waals surface area contributed by atoms with E-state index in [4.69, 9.17) is 39.8 Å². The van der Waals surface area contributed by atoms with Gasteiger partial charge in [0, 0.05) is 31.7 Å². The fourth-order valence-electron chi connectivity index (χ4n) is 3.74. The fourth-order valence-corrected chi connectivity index (χ4v) is 3.99. The molecule has 0 atom stereocenters. The Morgan fingerprint density at radius 1 is 0.781 bits per heavy atom. The largest absolute Gasteiger partial charge is 0.395 e. The van der Waals surface area contributed by atoms with Crippen molar-refractivity contribution in [2.45, 2.75) is 10.2 Å². The quantitative estimate of drug-likeness (QED) is 0.528. The van der Waals surface area contributed by atoms with E-state index in [2.05, 4.69) is 31.9 Å². The molecular weight excluding hydrogens is 469 g/mol. The topological polar surface area (TPSA) is 65.4 Å². The smallest absolute Gasteiger partial charge is 0.250 e. The predicted octanol–water partition coefficient (Wildman–Crippen LogP) is 4.54. The van der Waals surface area contributed by atoms with Crippen molar-refractivity contribution in [2.75, 3.05) is 44.2 Å². The standard InChI is InChI=1S/C23H24Cl3N5O/c24-23(25,26)21-27-20(19-9-7-18(8-10-19)17-5-2-1-3-6-17)28-22(29-21)31-12-4-11-30(13-14-31)15-16-32/h1-3,5-10,32H,4,11-16H2. The van der Waals surface area contributed by atoms with E-state index in [0.717, 1.165) is 49.3 Å². The highest BCUT2D eigenvalue weighted by molar-refractivity contribution is 6.66. The second-order valence-corrected chi connectivity index (χ2v) is 9.91. The lowest BCUT2D eigenvalue weighted by Gasteiger charge is -2.23. The number of aliphatic hydroxyl groups excluding tert-OH is 1. The molecule has 3 aromatic rings. The van der Waals surface area contributed by atoms with Gasteiger partial charge in [-0.2, -0.15) is 9.97 Å². The molecule has 6 nitrogen and oxygen atoms in total. The van der Waals surface area contributed by atoms with Gasteiger partial charge in [-0.1, -0.05) is 89.4 Å². The summed E-state index contributed by atoms with van der Waals surface area (Å²) < 4.78 is -1.76. The average molecular weight is 493 g/mol. The van der Waals surface area contributed by atoms with Crippen LogP contribution in [-0.4, -0.2) is 64.3 Å². The summed E-state index contributed by atoms with van der Waals surface area (Å²) in [5, 5.41) is 9.24. The van der Waals surface area contributed by atoms with Crippen molar-refractivity contribution in [3.8, 4) is 22.5 Å². The van der Waals surface area contributed by atoms with Crippen molar-refractivity contribution >= 4 is 40.8 Å². The highest BCUT2D eigenvalue weighted by atomic mass is 35.6. The molecule has 1 aliphatic heterocycles. The molecule has 0 unspecified atom stereocenters. The van der Waals surface area contributed by atoms with Gasteiger partial charge in [0.25, 0.3) is 0 Å². The third kappa shape index (κ3) is 5.69. The summed E-state index contributed by atoms with van der Waals surface area (Å²) in [5.41, 5.74) is 3.05. The zero-order valence-corrected chi connectivity index (χ0v) is 19.7. The Balaban J connectivity index is 1.65. The molecule has 0 radical (unpaired) electrons. The van der Waals surface area contributed by atoms with Gasteiger partial charge in [-0.05, 0) is 24.1 Å². The maximum Gasteiger partial charge on any atom is 0.250 e. The van der Waals surface area contributed by atoms with Gasteiger partial charge in [0.15, 0.2) is 11.6 Å². The molecule has 9 heteroatoms. The number of hydrogen-bond donors (Lipinski definition) is 1. The van der Waals surface area contributed by atoms with Gasteiger partial charge in [0.1, 0.15) is 0 Å². The van der Waals surface area contributed by atoms with Crippen LogP contribution in [0.3, 0.4) is 0 Å². The molecule has 1 N–H and O–H groups in total. The maximum atomic E-state index is 9.24. The van der Waals surface area contributed by atoms with Crippen LogP contribution in [0.1, 0.15) is 12.2 Å². The van der Waals surface area contributed by atoms with Crippen LogP contribution in [0.15, 0.2) is 54.6 Å². The Hall–Kier alpha value is -1.96. The van der Waals surface area contributed by atoms with Crippen molar-refractivity contribution in [3.63, 3.8) is 0 Å². The molecule has 4 rings (SSSR count). The number of anilines is 1. The molecule has 2 heterocycles. The van der Waals surface area contributed by atoms with E-state index in [0.29, 0.717) is 18.3 Å². The molecule has 0 amide bonds. The van der Waals surface area contributed by atoms with Crippen molar-refractivity contribution in [2.24, 2.45) is 0 Å². The Morgan fingerprint density at radius 3 is 2.16 bits per heavy atom. The number of aliphatic hydroxyl groups is 1. The molecule has 0 saturated carbocycles. The van der Waals surface area contributed by atoms with E-state index < -0.39 is 3.79 Å². The third-order valence-electron chi connectivity index (χ3n) is 5.41. The lowest BCUT2D eigenvalue weighted by Crippen LogP contribution is -2.33. The monoisotopic (exact) mass is 491 g/mol. The van der Waals surface area contributed by atoms with E-state index in [1.54, 1.807) is 0 Å². The van der Waals surface area contributed by atoms with Gasteiger partial charge in [-0.3, -0.25) is 4.90 Å². The predicted molar refractivity (Wildman–Crippen MR) is 130 cm³/mol. The SMILES string of the molecule is OCCN1CCCN(c2nc(-c3ccc(-c4ccccc4)cc3)nc(C(Cl)(Cl)Cl)n2)CC1. The Kier molecular flexibility index (Phi) is 7.48. The summed E-state index contributed by atoms with van der Waals surface area (Å²) in [6.45, 7) is 4.01. The second kappa shape index (κ2) is 10.3. The summed E-state index contributed by atoms with van der Waals surface area (Å²) >= 11 is 18.5. The Bertz CT molecular complexity index is 1030. The number of alkyl halides is 3. The van der Waals surface area contributed by atoms with E-state index in [-0.39, 0.29) is 12.4 Å². The number of nitrogens with zero attached hydrogens (tertiary/aromatic N) is 5. The van der Waals surface area contributed by atoms with Crippen LogP contribution in [0.4, 0.5) is 5.95 Å². The van der Waals surface area contributed by atoms with E-state index in [1.807, 2.05) is 42.5 Å². The van der Waals surface area contributed by atoms with E-state index in [9.17, 15) is 5.11 Å².